The molecule has 3 N–H and O–H groups in total. The Hall–Kier alpha value is -2.16. The normalized spacial score (nSPS) is 11.4. The van der Waals surface area contributed by atoms with E-state index < -0.39 is 32.2 Å². The molecular formula is C9H7F2N3O3S. The van der Waals surface area contributed by atoms with Crippen molar-refractivity contribution in [2.24, 2.45) is 0 Å². The Morgan fingerprint density at radius 1 is 1.28 bits per heavy atom. The van der Waals surface area contributed by atoms with Gasteiger partial charge in [0.2, 0.25) is 0 Å². The van der Waals surface area contributed by atoms with Gasteiger partial charge in [-0.25, -0.2) is 17.2 Å². The van der Waals surface area contributed by atoms with Gasteiger partial charge >= 0.3 is 0 Å². The summed E-state index contributed by atoms with van der Waals surface area (Å²) >= 11 is 0. The summed E-state index contributed by atoms with van der Waals surface area (Å²) in [5.41, 5.74) is 4.72. The number of hydrogen-bond acceptors (Lipinski definition) is 5. The molecule has 1 aromatic heterocycles. The van der Waals surface area contributed by atoms with Gasteiger partial charge in [0.1, 0.15) is 22.8 Å². The maximum atomic E-state index is 13.4. The Kier molecular flexibility index (Phi) is 2.91. The van der Waals surface area contributed by atoms with Crippen molar-refractivity contribution in [2.75, 3.05) is 10.5 Å². The third-order valence-corrected chi connectivity index (χ3v) is 3.39. The molecule has 0 aliphatic carbocycles. The van der Waals surface area contributed by atoms with Gasteiger partial charge in [-0.2, -0.15) is 0 Å². The van der Waals surface area contributed by atoms with Crippen LogP contribution in [0.1, 0.15) is 0 Å². The fourth-order valence-corrected chi connectivity index (χ4v) is 2.30. The summed E-state index contributed by atoms with van der Waals surface area (Å²) in [6.07, 6.45) is 1.13. The van der Waals surface area contributed by atoms with Gasteiger partial charge in [0.25, 0.3) is 10.0 Å². The summed E-state index contributed by atoms with van der Waals surface area (Å²) < 4.78 is 56.2. The predicted molar refractivity (Wildman–Crippen MR) is 58.1 cm³/mol. The molecule has 0 saturated carbocycles. The lowest BCUT2D eigenvalue weighted by molar-refractivity contribution is 0.423. The fourth-order valence-electron chi connectivity index (χ4n) is 1.21. The molecule has 1 aromatic carbocycles. The van der Waals surface area contributed by atoms with Crippen LogP contribution in [-0.2, 0) is 10.0 Å². The zero-order chi connectivity index (χ0) is 13.3. The Labute approximate surface area is 100 Å². The average Bonchev–Trinajstić information content (AvgIpc) is 2.75. The van der Waals surface area contributed by atoms with Gasteiger partial charge in [0.15, 0.2) is 5.82 Å². The highest BCUT2D eigenvalue weighted by Gasteiger charge is 2.22. The molecular weight excluding hydrogens is 268 g/mol. The van der Waals surface area contributed by atoms with Crippen LogP contribution in [0.5, 0.6) is 0 Å². The molecule has 2 aromatic rings. The number of anilines is 2. The van der Waals surface area contributed by atoms with Crippen LogP contribution in [0.4, 0.5) is 20.3 Å². The van der Waals surface area contributed by atoms with E-state index in [2.05, 4.69) is 9.68 Å². The molecule has 0 atom stereocenters. The van der Waals surface area contributed by atoms with E-state index in [9.17, 15) is 17.2 Å². The topological polar surface area (TPSA) is 98.2 Å². The van der Waals surface area contributed by atoms with E-state index >= 15 is 0 Å². The zero-order valence-corrected chi connectivity index (χ0v) is 9.54. The van der Waals surface area contributed by atoms with Crippen LogP contribution in [0, 0.1) is 11.6 Å². The minimum absolute atomic E-state index is 0.128. The van der Waals surface area contributed by atoms with Crippen LogP contribution in [0.3, 0.4) is 0 Å². The van der Waals surface area contributed by atoms with Crippen LogP contribution < -0.4 is 10.5 Å². The monoisotopic (exact) mass is 275 g/mol. The Morgan fingerprint density at radius 2 is 2.00 bits per heavy atom. The first-order chi connectivity index (χ1) is 8.40. The molecule has 96 valence electrons. The largest absolute Gasteiger partial charge is 0.396 e. The number of sulfonamides is 1. The highest BCUT2D eigenvalue weighted by Crippen LogP contribution is 2.22. The number of nitrogens with zero attached hydrogens (tertiary/aromatic N) is 1. The van der Waals surface area contributed by atoms with E-state index in [4.69, 9.17) is 5.73 Å². The van der Waals surface area contributed by atoms with Gasteiger partial charge in [-0.1, -0.05) is 5.16 Å². The summed E-state index contributed by atoms with van der Waals surface area (Å²) in [5.74, 6) is -2.41. The number of rotatable bonds is 3. The SMILES string of the molecule is Nc1cc(S(=O)(=O)Nc2ccon2)c(F)cc1F. The van der Waals surface area contributed by atoms with Crippen molar-refractivity contribution in [3.8, 4) is 0 Å². The van der Waals surface area contributed by atoms with Gasteiger partial charge in [-0.05, 0) is 6.07 Å². The second-order valence-corrected chi connectivity index (χ2v) is 4.95. The lowest BCUT2D eigenvalue weighted by Gasteiger charge is -2.07. The minimum atomic E-state index is -4.25. The van der Waals surface area contributed by atoms with Gasteiger partial charge in [0, 0.05) is 12.1 Å². The lowest BCUT2D eigenvalue weighted by Crippen LogP contribution is -2.15. The highest BCUT2D eigenvalue weighted by atomic mass is 32.2. The lowest BCUT2D eigenvalue weighted by atomic mass is 10.3. The van der Waals surface area contributed by atoms with Gasteiger partial charge < -0.3 is 10.3 Å². The summed E-state index contributed by atoms with van der Waals surface area (Å²) in [6.45, 7) is 0. The zero-order valence-electron chi connectivity index (χ0n) is 8.72. The van der Waals surface area contributed by atoms with Crippen molar-refractivity contribution >= 4 is 21.5 Å². The van der Waals surface area contributed by atoms with Crippen LogP contribution in [-0.4, -0.2) is 13.6 Å². The smallest absolute Gasteiger partial charge is 0.266 e. The molecule has 0 fully saturated rings. The Morgan fingerprint density at radius 3 is 2.61 bits per heavy atom. The maximum Gasteiger partial charge on any atom is 0.266 e. The number of hydrogen-bond donors (Lipinski definition) is 2. The molecule has 6 nitrogen and oxygen atoms in total. The second kappa shape index (κ2) is 4.26. The van der Waals surface area contributed by atoms with Crippen LogP contribution >= 0.6 is 0 Å². The fraction of sp³-hybridized carbons (Fsp3) is 0. The molecule has 0 spiro atoms. The first-order valence-electron chi connectivity index (χ1n) is 4.58. The van der Waals surface area contributed by atoms with Crippen LogP contribution in [0.25, 0.3) is 0 Å². The summed E-state index contributed by atoms with van der Waals surface area (Å²) in [4.78, 5) is -0.774. The molecule has 0 aliphatic heterocycles. The number of nitrogens with two attached hydrogens (primary N) is 1. The second-order valence-electron chi connectivity index (χ2n) is 3.29. The first kappa shape index (κ1) is 12.3. The third kappa shape index (κ3) is 2.25. The summed E-state index contributed by atoms with van der Waals surface area (Å²) in [5, 5.41) is 3.30. The van der Waals surface area contributed by atoms with Crippen molar-refractivity contribution in [3.05, 3.63) is 36.1 Å². The van der Waals surface area contributed by atoms with Crippen LogP contribution in [0.2, 0.25) is 0 Å². The number of halogens is 2. The number of nitrogen functional groups attached to an aromatic ring is 1. The quantitative estimate of drug-likeness (QED) is 0.823. The number of aromatic nitrogens is 1. The molecule has 9 heteroatoms. The third-order valence-electron chi connectivity index (χ3n) is 2.02. The molecule has 0 bridgehead atoms. The molecule has 0 aliphatic rings. The summed E-state index contributed by atoms with van der Waals surface area (Å²) in [6, 6.07) is 2.31. The molecule has 1 heterocycles. The Balaban J connectivity index is 2.44. The van der Waals surface area contributed by atoms with Gasteiger partial charge in [-0.15, -0.1) is 0 Å². The first-order valence-corrected chi connectivity index (χ1v) is 6.06. The van der Waals surface area contributed by atoms with E-state index in [1.807, 2.05) is 4.72 Å². The molecule has 0 amide bonds. The Bertz CT molecular complexity index is 671. The van der Waals surface area contributed by atoms with Crippen molar-refractivity contribution in [1.29, 1.82) is 0 Å². The van der Waals surface area contributed by atoms with E-state index in [1.165, 1.54) is 6.07 Å². The van der Waals surface area contributed by atoms with Crippen LogP contribution in [0.15, 0.2) is 33.9 Å². The highest BCUT2D eigenvalue weighted by molar-refractivity contribution is 7.92. The van der Waals surface area contributed by atoms with E-state index in [0.717, 1.165) is 6.26 Å². The van der Waals surface area contributed by atoms with E-state index in [-0.39, 0.29) is 5.82 Å². The van der Waals surface area contributed by atoms with E-state index in [1.54, 1.807) is 0 Å². The van der Waals surface area contributed by atoms with Crippen molar-refractivity contribution in [1.82, 2.24) is 5.16 Å². The van der Waals surface area contributed by atoms with Crippen molar-refractivity contribution in [3.63, 3.8) is 0 Å². The average molecular weight is 275 g/mol. The number of benzene rings is 1. The van der Waals surface area contributed by atoms with Gasteiger partial charge in [0.05, 0.1) is 5.69 Å². The predicted octanol–water partition coefficient (Wildman–Crippen LogP) is 1.34. The molecule has 18 heavy (non-hydrogen) atoms. The van der Waals surface area contributed by atoms with E-state index in [0.29, 0.717) is 12.1 Å². The maximum absolute atomic E-state index is 13.4. The summed E-state index contributed by atoms with van der Waals surface area (Å²) in [7, 11) is -4.25. The number of nitrogens with one attached hydrogen (secondary N) is 1. The molecule has 0 unspecified atom stereocenters. The standard InChI is InChI=1S/C9H7F2N3O3S/c10-5-3-6(11)8(4-7(5)12)18(15,16)14-9-1-2-17-13-9/h1-4H,12H2,(H,13,14). The van der Waals surface area contributed by atoms with Gasteiger partial charge in [-0.3, -0.25) is 4.72 Å². The minimum Gasteiger partial charge on any atom is -0.396 e. The van der Waals surface area contributed by atoms with Crippen molar-refractivity contribution < 1.29 is 21.7 Å². The molecule has 2 rings (SSSR count). The molecule has 0 saturated heterocycles. The molecule has 0 radical (unpaired) electrons. The van der Waals surface area contributed by atoms with Crippen molar-refractivity contribution in [2.45, 2.75) is 4.90 Å².